The molecule has 0 aliphatic heterocycles. The van der Waals surface area contributed by atoms with E-state index in [1.54, 1.807) is 10.9 Å². The zero-order valence-corrected chi connectivity index (χ0v) is 12.0. The van der Waals surface area contributed by atoms with Crippen LogP contribution in [0.2, 0.25) is 0 Å². The van der Waals surface area contributed by atoms with Gasteiger partial charge in [-0.2, -0.15) is 5.10 Å². The van der Waals surface area contributed by atoms with E-state index in [2.05, 4.69) is 14.8 Å². The lowest BCUT2D eigenvalue weighted by molar-refractivity contribution is 0.578. The normalized spacial score (nSPS) is 15.4. The summed E-state index contributed by atoms with van der Waals surface area (Å²) in [6.45, 7) is 0.222. The predicted octanol–water partition coefficient (Wildman–Crippen LogP) is 1.06. The van der Waals surface area contributed by atoms with E-state index in [0.29, 0.717) is 5.69 Å². The zero-order valence-electron chi connectivity index (χ0n) is 11.2. The summed E-state index contributed by atoms with van der Waals surface area (Å²) in [4.78, 5) is 4.27. The number of nitrogens with zero attached hydrogens (tertiary/aromatic N) is 3. The first kappa shape index (κ1) is 13.3. The van der Waals surface area contributed by atoms with E-state index in [1.165, 1.54) is 0 Å². The van der Waals surface area contributed by atoms with Gasteiger partial charge in [0.15, 0.2) is 0 Å². The fourth-order valence-corrected chi connectivity index (χ4v) is 3.38. The summed E-state index contributed by atoms with van der Waals surface area (Å²) in [5, 5.41) is 4.11. The van der Waals surface area contributed by atoms with E-state index in [0.717, 1.165) is 24.2 Å². The summed E-state index contributed by atoms with van der Waals surface area (Å²) in [5.74, 6) is 0. The van der Waals surface area contributed by atoms with Crippen molar-refractivity contribution in [3.63, 3.8) is 0 Å². The number of hydrogen-bond donors (Lipinski definition) is 1. The van der Waals surface area contributed by atoms with Crippen LogP contribution >= 0.6 is 0 Å². The van der Waals surface area contributed by atoms with Gasteiger partial charge in [-0.25, -0.2) is 13.1 Å². The van der Waals surface area contributed by atoms with Crippen molar-refractivity contribution in [1.82, 2.24) is 19.5 Å². The highest BCUT2D eigenvalue weighted by Gasteiger charge is 2.35. The van der Waals surface area contributed by atoms with Crippen LogP contribution in [-0.4, -0.2) is 28.4 Å². The summed E-state index contributed by atoms with van der Waals surface area (Å²) in [5.41, 5.74) is 2.38. The average Bonchev–Trinajstić information content (AvgIpc) is 3.23. The molecule has 1 saturated carbocycles. The second-order valence-corrected chi connectivity index (χ2v) is 6.97. The first-order valence-corrected chi connectivity index (χ1v) is 8.04. The molecule has 2 aromatic rings. The molecule has 2 heterocycles. The van der Waals surface area contributed by atoms with Gasteiger partial charge < -0.3 is 0 Å². The lowest BCUT2D eigenvalue weighted by Crippen LogP contribution is -2.26. The molecule has 1 N–H and O–H groups in total. The molecule has 7 heteroatoms. The molecule has 0 atom stereocenters. The van der Waals surface area contributed by atoms with E-state index in [9.17, 15) is 8.42 Å². The third-order valence-corrected chi connectivity index (χ3v) is 5.17. The molecule has 0 radical (unpaired) electrons. The van der Waals surface area contributed by atoms with Crippen molar-refractivity contribution in [1.29, 1.82) is 0 Å². The summed E-state index contributed by atoms with van der Waals surface area (Å²) in [6.07, 6.45) is 3.24. The van der Waals surface area contributed by atoms with E-state index < -0.39 is 10.0 Å². The summed E-state index contributed by atoms with van der Waals surface area (Å²) < 4.78 is 27.9. The number of aryl methyl sites for hydroxylation is 1. The maximum atomic E-state index is 11.8. The van der Waals surface area contributed by atoms with Crippen molar-refractivity contribution in [2.45, 2.75) is 24.6 Å². The zero-order chi connectivity index (χ0) is 14.2. The maximum absolute atomic E-state index is 11.8. The van der Waals surface area contributed by atoms with Gasteiger partial charge in [-0.1, -0.05) is 6.07 Å². The van der Waals surface area contributed by atoms with Crippen LogP contribution < -0.4 is 4.72 Å². The van der Waals surface area contributed by atoms with Gasteiger partial charge in [-0.15, -0.1) is 0 Å². The minimum Gasteiger partial charge on any atom is -0.266 e. The second kappa shape index (κ2) is 4.99. The van der Waals surface area contributed by atoms with Crippen LogP contribution in [0.25, 0.3) is 11.4 Å². The first-order chi connectivity index (χ1) is 9.56. The highest BCUT2D eigenvalue weighted by atomic mass is 32.2. The molecule has 0 spiro atoms. The van der Waals surface area contributed by atoms with E-state index in [-0.39, 0.29) is 11.8 Å². The Morgan fingerprint density at radius 1 is 1.40 bits per heavy atom. The first-order valence-electron chi connectivity index (χ1n) is 6.49. The van der Waals surface area contributed by atoms with E-state index in [4.69, 9.17) is 0 Å². The van der Waals surface area contributed by atoms with Gasteiger partial charge in [0, 0.05) is 13.2 Å². The van der Waals surface area contributed by atoms with Gasteiger partial charge in [0.1, 0.15) is 0 Å². The Labute approximate surface area is 117 Å². The number of rotatable bonds is 5. The van der Waals surface area contributed by atoms with Crippen molar-refractivity contribution >= 4 is 10.0 Å². The lowest BCUT2D eigenvalue weighted by Gasteiger charge is -2.02. The van der Waals surface area contributed by atoms with Crippen LogP contribution in [0.3, 0.4) is 0 Å². The van der Waals surface area contributed by atoms with E-state index >= 15 is 0 Å². The lowest BCUT2D eigenvalue weighted by atomic mass is 10.2. The molecule has 1 fully saturated rings. The Morgan fingerprint density at radius 2 is 2.20 bits per heavy atom. The van der Waals surface area contributed by atoms with Gasteiger partial charge in [0.25, 0.3) is 0 Å². The minimum absolute atomic E-state index is 0.207. The standard InChI is InChI=1S/C13H16N4O2S/c1-17-13(12-4-2-3-7-14-12)8-10(16-17)9-15-20(18,19)11-5-6-11/h2-4,7-8,11,15H,5-6,9H2,1H3. The molecule has 6 nitrogen and oxygen atoms in total. The molecule has 1 aliphatic carbocycles. The van der Waals surface area contributed by atoms with Crippen molar-refractivity contribution < 1.29 is 8.42 Å². The molecule has 1 aliphatic rings. The summed E-state index contributed by atoms with van der Waals surface area (Å²) >= 11 is 0. The maximum Gasteiger partial charge on any atom is 0.214 e. The Morgan fingerprint density at radius 3 is 2.85 bits per heavy atom. The molecule has 0 amide bonds. The summed E-state index contributed by atoms with van der Waals surface area (Å²) in [6, 6.07) is 7.52. The van der Waals surface area contributed by atoms with Crippen LogP contribution in [0.4, 0.5) is 0 Å². The summed E-state index contributed by atoms with van der Waals surface area (Å²) in [7, 11) is -1.35. The van der Waals surface area contributed by atoms with Crippen molar-refractivity contribution in [3.05, 3.63) is 36.2 Å². The quantitative estimate of drug-likeness (QED) is 0.894. The van der Waals surface area contributed by atoms with E-state index in [1.807, 2.05) is 31.3 Å². The fraction of sp³-hybridized carbons (Fsp3) is 0.385. The Balaban J connectivity index is 1.76. The van der Waals surface area contributed by atoms with Gasteiger partial charge in [-0.3, -0.25) is 9.67 Å². The third kappa shape index (κ3) is 2.73. The molecule has 20 heavy (non-hydrogen) atoms. The highest BCUT2D eigenvalue weighted by molar-refractivity contribution is 7.90. The molecule has 2 aromatic heterocycles. The number of aromatic nitrogens is 3. The smallest absolute Gasteiger partial charge is 0.214 e. The predicted molar refractivity (Wildman–Crippen MR) is 75.2 cm³/mol. The van der Waals surface area contributed by atoms with Gasteiger partial charge in [0.05, 0.1) is 28.9 Å². The molecule has 0 bridgehead atoms. The van der Waals surface area contributed by atoms with Crippen molar-refractivity contribution in [3.8, 4) is 11.4 Å². The SMILES string of the molecule is Cn1nc(CNS(=O)(=O)C2CC2)cc1-c1ccccn1. The second-order valence-electron chi connectivity index (χ2n) is 4.92. The highest BCUT2D eigenvalue weighted by Crippen LogP contribution is 2.27. The minimum atomic E-state index is -3.17. The van der Waals surface area contributed by atoms with Crippen molar-refractivity contribution in [2.75, 3.05) is 0 Å². The number of nitrogens with one attached hydrogen (secondary N) is 1. The topological polar surface area (TPSA) is 76.9 Å². The monoisotopic (exact) mass is 292 g/mol. The largest absolute Gasteiger partial charge is 0.266 e. The Bertz CT molecular complexity index is 705. The number of hydrogen-bond acceptors (Lipinski definition) is 4. The molecule has 3 rings (SSSR count). The fourth-order valence-electron chi connectivity index (χ4n) is 2.04. The van der Waals surface area contributed by atoms with Crippen molar-refractivity contribution in [2.24, 2.45) is 7.05 Å². The van der Waals surface area contributed by atoms with Crippen LogP contribution in [-0.2, 0) is 23.6 Å². The van der Waals surface area contributed by atoms with Crippen LogP contribution in [0, 0.1) is 0 Å². The van der Waals surface area contributed by atoms with Crippen LogP contribution in [0.5, 0.6) is 0 Å². The van der Waals surface area contributed by atoms with Gasteiger partial charge in [0.2, 0.25) is 10.0 Å². The van der Waals surface area contributed by atoms with Gasteiger partial charge in [-0.05, 0) is 31.0 Å². The average molecular weight is 292 g/mol. The molecular weight excluding hydrogens is 276 g/mol. The molecule has 0 unspecified atom stereocenters. The molecule has 0 aromatic carbocycles. The van der Waals surface area contributed by atoms with Gasteiger partial charge >= 0.3 is 0 Å². The Kier molecular flexibility index (Phi) is 3.31. The van der Waals surface area contributed by atoms with Crippen LogP contribution in [0.15, 0.2) is 30.5 Å². The van der Waals surface area contributed by atoms with Crippen LogP contribution in [0.1, 0.15) is 18.5 Å². The number of pyridine rings is 1. The third-order valence-electron chi connectivity index (χ3n) is 3.28. The number of sulfonamides is 1. The molecule has 0 saturated heterocycles. The Hall–Kier alpha value is -1.73. The molecular formula is C13H16N4O2S. The molecule has 106 valence electrons.